The molecule has 4 heterocycles. The molecular formula is C23H23B45N2O3. The highest BCUT2D eigenvalue weighted by Crippen LogP contribution is 2.37. The molecule has 46 radical (unpaired) electrons. The van der Waals surface area contributed by atoms with Crippen LogP contribution in [0.5, 0.6) is 0 Å². The molecule has 0 bridgehead atoms. The lowest BCUT2D eigenvalue weighted by Crippen LogP contribution is -2.93. The fourth-order valence-electron chi connectivity index (χ4n) is 10.8. The number of aryl methyl sites for hydroxylation is 1. The summed E-state index contributed by atoms with van der Waals surface area (Å²) < 4.78 is 18.4. The summed E-state index contributed by atoms with van der Waals surface area (Å²) in [7, 11) is 145. The van der Waals surface area contributed by atoms with Crippen molar-refractivity contribution in [3.63, 3.8) is 0 Å². The van der Waals surface area contributed by atoms with E-state index < -0.39 is 141 Å². The minimum atomic E-state index is -1.27. The van der Waals surface area contributed by atoms with Gasteiger partial charge >= 0.3 is 7.12 Å². The fourth-order valence-corrected chi connectivity index (χ4v) is 10.8. The van der Waals surface area contributed by atoms with Crippen LogP contribution in [0.15, 0.2) is 53.1 Å². The summed E-state index contributed by atoms with van der Waals surface area (Å²) in [6.07, 6.45) is -23.5. The maximum atomic E-state index is 6.75. The van der Waals surface area contributed by atoms with Gasteiger partial charge in [0.25, 0.3) is 0 Å². The Morgan fingerprint density at radius 1 is 0.425 bits per heavy atom. The second-order valence-corrected chi connectivity index (χ2v) is 20.8. The molecule has 1 aliphatic rings. The molecule has 1 aliphatic heterocycles. The average Bonchev–Trinajstić information content (AvgIpc) is 3.72. The van der Waals surface area contributed by atoms with Crippen molar-refractivity contribution in [1.29, 1.82) is 0 Å². The van der Waals surface area contributed by atoms with Gasteiger partial charge < -0.3 is 13.7 Å². The molecule has 4 aromatic rings. The third-order valence-electron chi connectivity index (χ3n) is 15.0. The highest BCUT2D eigenvalue weighted by atomic mass is 16.7. The Morgan fingerprint density at radius 2 is 0.808 bits per heavy atom. The third kappa shape index (κ3) is 15.3. The van der Waals surface area contributed by atoms with Gasteiger partial charge in [-0.25, -0.2) is 4.98 Å². The van der Waals surface area contributed by atoms with E-state index in [1.54, 1.807) is 0 Å². The second kappa shape index (κ2) is 27.6. The summed E-state index contributed by atoms with van der Waals surface area (Å²) in [4.78, 5) is 9.21. The van der Waals surface area contributed by atoms with Crippen molar-refractivity contribution in [2.45, 2.75) is 45.8 Å². The molecular weight excluding hydrogens is 839 g/mol. The van der Waals surface area contributed by atoms with Gasteiger partial charge in [0.05, 0.1) is 16.9 Å². The summed E-state index contributed by atoms with van der Waals surface area (Å²) in [5.41, 5.74) is 4.33. The van der Waals surface area contributed by atoms with Crippen molar-refractivity contribution in [3.8, 4) is 11.3 Å². The molecule has 278 valence electrons. The Kier molecular flexibility index (Phi) is 24.8. The van der Waals surface area contributed by atoms with E-state index in [4.69, 9.17) is 192 Å². The highest BCUT2D eigenvalue weighted by molar-refractivity contribution is 8.33. The van der Waals surface area contributed by atoms with Gasteiger partial charge in [-0.2, -0.15) is 0 Å². The Bertz CT molecular complexity index is 2190. The monoisotopic (exact) mass is 871 g/mol. The number of pyridine rings is 2. The Morgan fingerprint density at radius 3 is 1.16 bits per heavy atom. The van der Waals surface area contributed by atoms with Crippen LogP contribution < -0.4 is 5.46 Å². The summed E-state index contributed by atoms with van der Waals surface area (Å²) in [5.74, 6) is 0. The van der Waals surface area contributed by atoms with Gasteiger partial charge in [0.1, 0.15) is 5.58 Å². The molecule has 0 aliphatic carbocycles. The van der Waals surface area contributed by atoms with Gasteiger partial charge in [-0.3, -0.25) is 4.98 Å². The first kappa shape index (κ1) is 65.7. The molecule has 5 nitrogen and oxygen atoms in total. The molecule has 0 N–H and O–H groups in total. The quantitative estimate of drug-likeness (QED) is 0.0737. The van der Waals surface area contributed by atoms with Crippen molar-refractivity contribution < 1.29 is 13.7 Å². The standard InChI is InChI=1S/C23H23BN2O3.B44/c1-14-9-11-17-16-7-6-8-18(20(16)27-21(17)26-14)19-12-10-15(13-25-19)24-28-22(2,3)23(4,5)29-24;1-24(2)35(23)41(36(25(3)4)26(5)6)44(42(37(27(7)8)28(9)10)38(29(11)12)30(13)14)43(39(31(15)16)32(17)18)40(33(19)20)34(21)22/h6-13H,1-5H3;. The van der Waals surface area contributed by atoms with Crippen molar-refractivity contribution in [1.82, 2.24) is 9.97 Å². The van der Waals surface area contributed by atoms with E-state index in [1.165, 1.54) is 0 Å². The van der Waals surface area contributed by atoms with E-state index >= 15 is 0 Å². The van der Waals surface area contributed by atoms with Gasteiger partial charge in [-0.1, -0.05) is 18.2 Å². The fraction of sp³-hybridized carbons (Fsp3) is 0.304. The van der Waals surface area contributed by atoms with Crippen molar-refractivity contribution >= 4 is 347 Å². The molecule has 1 aromatic carbocycles. The Hall–Kier alpha value is 0.162. The summed E-state index contributed by atoms with van der Waals surface area (Å²) in [5, 5.41) is 2.06. The van der Waals surface area contributed by atoms with Crippen LogP contribution in [-0.4, -0.2) is 340 Å². The van der Waals surface area contributed by atoms with Crippen LogP contribution in [0.1, 0.15) is 33.4 Å². The largest absolute Gasteiger partial charge is 0.496 e. The van der Waals surface area contributed by atoms with Crippen LogP contribution in [0.2, 0.25) is 0 Å². The lowest BCUT2D eigenvalue weighted by molar-refractivity contribution is 0.00578. The molecule has 0 amide bonds. The van der Waals surface area contributed by atoms with Crippen LogP contribution in [-0.2, 0) is 9.31 Å². The van der Waals surface area contributed by atoms with Crippen molar-refractivity contribution in [3.05, 3.63) is 54.4 Å². The van der Waals surface area contributed by atoms with Crippen molar-refractivity contribution in [2.75, 3.05) is 0 Å². The third-order valence-corrected chi connectivity index (χ3v) is 15.0. The number of aromatic nitrogens is 2. The zero-order chi connectivity index (χ0) is 55.5. The zero-order valence-corrected chi connectivity index (χ0v) is 42.7. The number of benzene rings is 1. The van der Waals surface area contributed by atoms with E-state index in [-0.39, 0.29) is 11.2 Å². The summed E-state index contributed by atoms with van der Waals surface area (Å²) in [6, 6.07) is 14.2. The molecule has 0 atom stereocenters. The summed E-state index contributed by atoms with van der Waals surface area (Å²) >= 11 is 0. The van der Waals surface area contributed by atoms with Gasteiger partial charge in [-0.15, -0.1) is 0 Å². The minimum Gasteiger partial charge on any atom is -0.437 e. The lowest BCUT2D eigenvalue weighted by atomic mass is 8.26. The van der Waals surface area contributed by atoms with Crippen molar-refractivity contribution in [2.24, 2.45) is 0 Å². The van der Waals surface area contributed by atoms with E-state index in [0.29, 0.717) is 5.71 Å². The topological polar surface area (TPSA) is 57.4 Å². The first-order chi connectivity index (χ1) is 33.7. The molecule has 1 saturated heterocycles. The number of furan rings is 1. The maximum Gasteiger partial charge on any atom is 0.496 e. The molecule has 0 spiro atoms. The van der Waals surface area contributed by atoms with Gasteiger partial charge in [0.2, 0.25) is 5.71 Å². The van der Waals surface area contributed by atoms with E-state index in [1.807, 2.05) is 71.1 Å². The zero-order valence-electron chi connectivity index (χ0n) is 42.7. The smallest absolute Gasteiger partial charge is 0.437 e. The van der Waals surface area contributed by atoms with Crippen LogP contribution in [0.4, 0.5) is 0 Å². The predicted molar refractivity (Wildman–Crippen MR) is 368 cm³/mol. The van der Waals surface area contributed by atoms with E-state index in [0.717, 1.165) is 38.8 Å². The molecule has 3 aromatic heterocycles. The average molecular weight is 862 g/mol. The minimum absolute atomic E-state index is 0.374. The molecule has 73 heavy (non-hydrogen) atoms. The first-order valence-corrected chi connectivity index (χ1v) is 24.2. The predicted octanol–water partition coefficient (Wildman–Crippen LogP) is -12.1. The van der Waals surface area contributed by atoms with Crippen LogP contribution in [0.25, 0.3) is 33.3 Å². The number of hydrogen-bond acceptors (Lipinski definition) is 5. The van der Waals surface area contributed by atoms with Crippen LogP contribution in [0, 0.1) is 6.92 Å². The number of rotatable bonds is 22. The highest BCUT2D eigenvalue weighted by Gasteiger charge is 2.58. The molecule has 0 saturated carbocycles. The van der Waals surface area contributed by atoms with Gasteiger partial charge in [-0.05, 0) is 58.9 Å². The number of fused-ring (bicyclic) bond motifs is 3. The molecule has 5 rings (SSSR count). The molecule has 1 fully saturated rings. The Labute approximate surface area is 478 Å². The van der Waals surface area contributed by atoms with E-state index in [9.17, 15) is 0 Å². The SMILES string of the molecule is Cc1ccc2c(n1)oc1c(-c3ccc(B4OC(C)(C)C(C)(C)O4)cn3)cccc12.[B]B([B])B([B])B(B(B([B])[B])B([B])[B])B(B(B(B([B])[B])B([B])[B])B(B([B])[B])B([B])[B])B(B(B([B])[B])B([B])[B])B(B([B])[B])B([B])[B]. The van der Waals surface area contributed by atoms with Crippen LogP contribution in [0.3, 0.4) is 0 Å². The normalized spacial score (nSPS) is 13.0. The van der Waals surface area contributed by atoms with E-state index in [2.05, 4.69) is 22.1 Å². The van der Waals surface area contributed by atoms with Gasteiger partial charge in [0.15, 0.2) is 0 Å². The molecule has 0 unspecified atom stereocenters. The molecule has 50 heteroatoms. The summed E-state index contributed by atoms with van der Waals surface area (Å²) in [6.45, 7) is 10.2. The number of hydrogen-bond donors (Lipinski definition) is 0. The number of para-hydroxylation sites is 1. The number of nitrogens with zero attached hydrogens (tertiary/aromatic N) is 2. The van der Waals surface area contributed by atoms with Crippen LogP contribution >= 0.6 is 0 Å². The first-order valence-electron chi connectivity index (χ1n) is 24.2. The maximum absolute atomic E-state index is 6.75. The Balaban J connectivity index is 0.000000339. The lowest BCUT2D eigenvalue weighted by Gasteiger charge is -2.55. The van der Waals surface area contributed by atoms with Gasteiger partial charge in [0, 0.05) is 346 Å². The second-order valence-electron chi connectivity index (χ2n) is 20.8.